The van der Waals surface area contributed by atoms with Gasteiger partial charge in [-0.25, -0.2) is 0 Å². The summed E-state index contributed by atoms with van der Waals surface area (Å²) in [6, 6.07) is 15.8. The van der Waals surface area contributed by atoms with Crippen molar-refractivity contribution in [3.05, 3.63) is 68.3 Å². The zero-order valence-corrected chi connectivity index (χ0v) is 13.9. The lowest BCUT2D eigenvalue weighted by Gasteiger charge is -2.11. The van der Waals surface area contributed by atoms with Gasteiger partial charge in [-0.05, 0) is 77.6 Å². The van der Waals surface area contributed by atoms with Crippen LogP contribution in [-0.2, 0) is 12.8 Å². The fraction of sp³-hybridized carbons (Fsp3) is 0.333. The van der Waals surface area contributed by atoms with Crippen molar-refractivity contribution in [1.29, 1.82) is 0 Å². The highest BCUT2D eigenvalue weighted by atomic mass is 127. The zero-order valence-electron chi connectivity index (χ0n) is 11.7. The SMILES string of the molecule is CCCCc1ccc(C)cc1Cc1ccc(I)cc1. The quantitative estimate of drug-likeness (QED) is 0.612. The Hall–Kier alpha value is -0.830. The minimum Gasteiger partial charge on any atom is -0.0654 e. The van der Waals surface area contributed by atoms with E-state index >= 15 is 0 Å². The molecule has 2 aromatic rings. The van der Waals surface area contributed by atoms with E-state index in [0.29, 0.717) is 0 Å². The largest absolute Gasteiger partial charge is 0.0654 e. The number of unbranched alkanes of at least 4 members (excludes halogenated alkanes) is 1. The van der Waals surface area contributed by atoms with Crippen molar-refractivity contribution in [2.75, 3.05) is 0 Å². The molecule has 0 amide bonds. The summed E-state index contributed by atoms with van der Waals surface area (Å²) in [7, 11) is 0. The van der Waals surface area contributed by atoms with Crippen molar-refractivity contribution in [3.8, 4) is 0 Å². The molecule has 0 bridgehead atoms. The second kappa shape index (κ2) is 7.09. The van der Waals surface area contributed by atoms with Crippen LogP contribution in [0.4, 0.5) is 0 Å². The lowest BCUT2D eigenvalue weighted by molar-refractivity contribution is 0.788. The maximum atomic E-state index is 2.36. The van der Waals surface area contributed by atoms with Crippen LogP contribution in [0.2, 0.25) is 0 Å². The van der Waals surface area contributed by atoms with Gasteiger partial charge in [-0.2, -0.15) is 0 Å². The Labute approximate surface area is 130 Å². The third kappa shape index (κ3) is 4.34. The van der Waals surface area contributed by atoms with E-state index in [2.05, 4.69) is 78.9 Å². The molecule has 0 aliphatic heterocycles. The first-order chi connectivity index (χ1) is 9.19. The molecule has 1 heteroatoms. The Morgan fingerprint density at radius 1 is 0.947 bits per heavy atom. The highest BCUT2D eigenvalue weighted by molar-refractivity contribution is 14.1. The average Bonchev–Trinajstić information content (AvgIpc) is 2.40. The molecule has 0 aromatic heterocycles. The van der Waals surface area contributed by atoms with E-state index in [-0.39, 0.29) is 0 Å². The number of aryl methyl sites for hydroxylation is 2. The standard InChI is InChI=1S/C18H21I/c1-3-4-5-16-9-6-14(2)12-17(16)13-15-7-10-18(19)11-8-15/h6-12H,3-5,13H2,1-2H3. The number of benzene rings is 2. The van der Waals surface area contributed by atoms with Gasteiger partial charge in [0.05, 0.1) is 0 Å². The summed E-state index contributed by atoms with van der Waals surface area (Å²) in [5.74, 6) is 0. The van der Waals surface area contributed by atoms with Crippen LogP contribution in [0.15, 0.2) is 42.5 Å². The number of hydrogen-bond donors (Lipinski definition) is 0. The summed E-state index contributed by atoms with van der Waals surface area (Å²) in [5, 5.41) is 0. The van der Waals surface area contributed by atoms with E-state index in [4.69, 9.17) is 0 Å². The second-order valence-corrected chi connectivity index (χ2v) is 6.42. The second-order valence-electron chi connectivity index (χ2n) is 5.18. The molecule has 0 fully saturated rings. The topological polar surface area (TPSA) is 0 Å². The van der Waals surface area contributed by atoms with Crippen LogP contribution in [-0.4, -0.2) is 0 Å². The maximum Gasteiger partial charge on any atom is 0.0130 e. The normalized spacial score (nSPS) is 10.7. The summed E-state index contributed by atoms with van der Waals surface area (Å²) in [5.41, 5.74) is 5.78. The van der Waals surface area contributed by atoms with Crippen molar-refractivity contribution in [3.63, 3.8) is 0 Å². The molecule has 0 unspecified atom stereocenters. The smallest absolute Gasteiger partial charge is 0.0130 e. The highest BCUT2D eigenvalue weighted by Crippen LogP contribution is 2.19. The zero-order chi connectivity index (χ0) is 13.7. The van der Waals surface area contributed by atoms with Gasteiger partial charge in [-0.3, -0.25) is 0 Å². The first-order valence-electron chi connectivity index (χ1n) is 7.02. The molecule has 0 aliphatic rings. The van der Waals surface area contributed by atoms with Crippen LogP contribution in [0, 0.1) is 10.5 Å². The maximum absolute atomic E-state index is 2.36. The van der Waals surface area contributed by atoms with Gasteiger partial charge in [-0.1, -0.05) is 49.2 Å². The Morgan fingerprint density at radius 3 is 2.37 bits per heavy atom. The summed E-state index contributed by atoms with van der Waals surface area (Å²) in [6.45, 7) is 4.44. The summed E-state index contributed by atoms with van der Waals surface area (Å²) < 4.78 is 1.30. The molecule has 0 saturated carbocycles. The third-order valence-electron chi connectivity index (χ3n) is 3.47. The number of rotatable bonds is 5. The van der Waals surface area contributed by atoms with Crippen molar-refractivity contribution in [2.45, 2.75) is 39.5 Å². The molecule has 0 spiro atoms. The molecule has 2 rings (SSSR count). The predicted molar refractivity (Wildman–Crippen MR) is 91.8 cm³/mol. The van der Waals surface area contributed by atoms with Gasteiger partial charge < -0.3 is 0 Å². The van der Waals surface area contributed by atoms with Gasteiger partial charge in [0, 0.05) is 3.57 Å². The van der Waals surface area contributed by atoms with E-state index in [9.17, 15) is 0 Å². The van der Waals surface area contributed by atoms with Crippen LogP contribution in [0.25, 0.3) is 0 Å². The molecule has 0 heterocycles. The van der Waals surface area contributed by atoms with Crippen LogP contribution >= 0.6 is 22.6 Å². The van der Waals surface area contributed by atoms with E-state index in [0.717, 1.165) is 6.42 Å². The Morgan fingerprint density at radius 2 is 1.68 bits per heavy atom. The van der Waals surface area contributed by atoms with Gasteiger partial charge in [0.2, 0.25) is 0 Å². The van der Waals surface area contributed by atoms with Crippen LogP contribution < -0.4 is 0 Å². The molecule has 100 valence electrons. The van der Waals surface area contributed by atoms with E-state index in [1.807, 2.05) is 0 Å². The number of halogens is 1. The Bertz CT molecular complexity index is 526. The van der Waals surface area contributed by atoms with Gasteiger partial charge in [-0.15, -0.1) is 0 Å². The minimum atomic E-state index is 1.05. The van der Waals surface area contributed by atoms with E-state index < -0.39 is 0 Å². The Kier molecular flexibility index (Phi) is 5.44. The average molecular weight is 364 g/mol. The fourth-order valence-electron chi connectivity index (χ4n) is 2.35. The van der Waals surface area contributed by atoms with Gasteiger partial charge in [0.25, 0.3) is 0 Å². The first-order valence-corrected chi connectivity index (χ1v) is 8.09. The predicted octanol–water partition coefficient (Wildman–Crippen LogP) is 5.53. The lowest BCUT2D eigenvalue weighted by atomic mass is 9.95. The van der Waals surface area contributed by atoms with Crippen molar-refractivity contribution in [1.82, 2.24) is 0 Å². The fourth-order valence-corrected chi connectivity index (χ4v) is 2.71. The van der Waals surface area contributed by atoms with Crippen LogP contribution in [0.3, 0.4) is 0 Å². The monoisotopic (exact) mass is 364 g/mol. The summed E-state index contributed by atoms with van der Waals surface area (Å²) in [4.78, 5) is 0. The number of hydrogen-bond acceptors (Lipinski definition) is 0. The van der Waals surface area contributed by atoms with Crippen molar-refractivity contribution in [2.24, 2.45) is 0 Å². The summed E-state index contributed by atoms with van der Waals surface area (Å²) >= 11 is 2.36. The summed E-state index contributed by atoms with van der Waals surface area (Å²) in [6.07, 6.45) is 4.80. The lowest BCUT2D eigenvalue weighted by Crippen LogP contribution is -1.97. The molecule has 0 saturated heterocycles. The molecule has 0 aliphatic carbocycles. The highest BCUT2D eigenvalue weighted by Gasteiger charge is 2.04. The van der Waals surface area contributed by atoms with Crippen LogP contribution in [0.1, 0.15) is 42.0 Å². The molecule has 2 aromatic carbocycles. The molecular weight excluding hydrogens is 343 g/mol. The van der Waals surface area contributed by atoms with Gasteiger partial charge >= 0.3 is 0 Å². The molecule has 19 heavy (non-hydrogen) atoms. The van der Waals surface area contributed by atoms with Crippen LogP contribution in [0.5, 0.6) is 0 Å². The molecular formula is C18H21I. The van der Waals surface area contributed by atoms with E-state index in [1.165, 1.54) is 45.1 Å². The molecule has 0 N–H and O–H groups in total. The van der Waals surface area contributed by atoms with Crippen molar-refractivity contribution < 1.29 is 0 Å². The van der Waals surface area contributed by atoms with Gasteiger partial charge in [0.1, 0.15) is 0 Å². The molecule has 0 radical (unpaired) electrons. The molecule has 0 atom stereocenters. The van der Waals surface area contributed by atoms with Gasteiger partial charge in [0.15, 0.2) is 0 Å². The Balaban J connectivity index is 2.22. The third-order valence-corrected chi connectivity index (χ3v) is 4.19. The van der Waals surface area contributed by atoms with Crippen molar-refractivity contribution >= 4 is 22.6 Å². The minimum absolute atomic E-state index is 1.05. The van der Waals surface area contributed by atoms with E-state index in [1.54, 1.807) is 0 Å². The first kappa shape index (κ1) is 14.6. The molecule has 0 nitrogen and oxygen atoms in total.